The Bertz CT molecular complexity index is 872. The normalized spacial score (nSPS) is 21.0. The molecule has 0 saturated carbocycles. The largest absolute Gasteiger partial charge is 0.380 e. The predicted molar refractivity (Wildman–Crippen MR) is 103 cm³/mol. The van der Waals surface area contributed by atoms with Crippen LogP contribution in [-0.4, -0.2) is 48.1 Å². The zero-order valence-corrected chi connectivity index (χ0v) is 16.5. The van der Waals surface area contributed by atoms with Crippen molar-refractivity contribution in [3.63, 3.8) is 0 Å². The molecule has 0 amide bonds. The Morgan fingerprint density at radius 1 is 1.30 bits per heavy atom. The van der Waals surface area contributed by atoms with Gasteiger partial charge in [-0.05, 0) is 6.92 Å². The molecule has 0 spiro atoms. The fraction of sp³-hybridized carbons (Fsp3) is 0.462. The minimum absolute atomic E-state index is 0.132. The maximum Gasteiger partial charge on any atom is 0.360 e. The number of aromatic nitrogens is 3. The first-order valence-electron chi connectivity index (χ1n) is 7.17. The Labute approximate surface area is 159 Å². The van der Waals surface area contributed by atoms with Gasteiger partial charge in [0.1, 0.15) is 5.82 Å². The SMILES string of the molecule is Cc1nc2c3c(nc(=O)n2I)N2CCN(I)CC2CNc3c1F. The van der Waals surface area contributed by atoms with Crippen molar-refractivity contribution in [2.24, 2.45) is 0 Å². The predicted octanol–water partition coefficient (Wildman–Crippen LogP) is 1.70. The maximum absolute atomic E-state index is 14.6. The van der Waals surface area contributed by atoms with Gasteiger partial charge in [0.2, 0.25) is 0 Å². The molecule has 0 aromatic carbocycles. The monoisotopic (exact) mass is 542 g/mol. The maximum atomic E-state index is 14.6. The minimum atomic E-state index is -0.380. The van der Waals surface area contributed by atoms with Gasteiger partial charge in [-0.3, -0.25) is 0 Å². The summed E-state index contributed by atoms with van der Waals surface area (Å²) in [5, 5.41) is 3.81. The van der Waals surface area contributed by atoms with Gasteiger partial charge in [0.05, 0.1) is 45.7 Å². The summed E-state index contributed by atoms with van der Waals surface area (Å²) in [6.45, 7) is 4.65. The Morgan fingerprint density at radius 2 is 2.09 bits per heavy atom. The Balaban J connectivity index is 2.06. The van der Waals surface area contributed by atoms with Crippen LogP contribution in [0.4, 0.5) is 15.9 Å². The summed E-state index contributed by atoms with van der Waals surface area (Å²) in [5.41, 5.74) is 0.752. The Kier molecular flexibility index (Phi) is 3.87. The van der Waals surface area contributed by atoms with E-state index in [9.17, 15) is 9.18 Å². The van der Waals surface area contributed by atoms with E-state index in [2.05, 4.69) is 46.2 Å². The van der Waals surface area contributed by atoms with Crippen LogP contribution < -0.4 is 15.9 Å². The second-order valence-electron chi connectivity index (χ2n) is 5.68. The van der Waals surface area contributed by atoms with Crippen LogP contribution in [0.1, 0.15) is 5.69 Å². The molecule has 0 radical (unpaired) electrons. The molecule has 1 unspecified atom stereocenters. The van der Waals surface area contributed by atoms with E-state index < -0.39 is 0 Å². The van der Waals surface area contributed by atoms with Crippen LogP contribution >= 0.6 is 45.7 Å². The minimum Gasteiger partial charge on any atom is -0.380 e. The second-order valence-corrected chi connectivity index (χ2v) is 8.01. The molecular weight excluding hydrogens is 529 g/mol. The van der Waals surface area contributed by atoms with E-state index in [1.165, 1.54) is 2.78 Å². The van der Waals surface area contributed by atoms with E-state index in [-0.39, 0.29) is 23.2 Å². The van der Waals surface area contributed by atoms with Crippen LogP contribution in [0.5, 0.6) is 0 Å². The van der Waals surface area contributed by atoms with Gasteiger partial charge in [-0.25, -0.2) is 20.1 Å². The summed E-state index contributed by atoms with van der Waals surface area (Å²) >= 11 is 4.16. The lowest BCUT2D eigenvalue weighted by Crippen LogP contribution is -2.53. The number of piperazine rings is 1. The number of fused-ring (bicyclic) bond motifs is 2. The first-order valence-corrected chi connectivity index (χ1v) is 9.10. The lowest BCUT2D eigenvalue weighted by molar-refractivity contribution is 0.391. The average molecular weight is 542 g/mol. The number of rotatable bonds is 0. The number of aryl methyl sites for hydroxylation is 1. The van der Waals surface area contributed by atoms with Crippen LogP contribution in [-0.2, 0) is 0 Å². The topological polar surface area (TPSA) is 66.3 Å². The summed E-state index contributed by atoms with van der Waals surface area (Å²) in [7, 11) is 0. The molecule has 4 heterocycles. The summed E-state index contributed by atoms with van der Waals surface area (Å²) in [6.07, 6.45) is 0. The highest BCUT2D eigenvalue weighted by molar-refractivity contribution is 14.1. The van der Waals surface area contributed by atoms with Crippen molar-refractivity contribution in [3.05, 3.63) is 22.0 Å². The zero-order chi connectivity index (χ0) is 16.3. The molecule has 2 aromatic rings. The molecule has 122 valence electrons. The smallest absolute Gasteiger partial charge is 0.360 e. The van der Waals surface area contributed by atoms with Gasteiger partial charge in [-0.2, -0.15) is 4.98 Å². The molecule has 2 aliphatic rings. The van der Waals surface area contributed by atoms with Gasteiger partial charge in [-0.15, -0.1) is 0 Å². The summed E-state index contributed by atoms with van der Waals surface area (Å²) in [4.78, 5) is 22.9. The first kappa shape index (κ1) is 15.7. The molecule has 0 bridgehead atoms. The quantitative estimate of drug-likeness (QED) is 0.405. The van der Waals surface area contributed by atoms with Gasteiger partial charge in [0, 0.05) is 49.0 Å². The standard InChI is InChI=1S/C13H13FI2N6O/c1-6-9(14)10-8-11(19-13(23)22(16)12(8)18-6)21-3-2-20(15)5-7(21)4-17-10/h7,17H,2-5H2,1H3. The van der Waals surface area contributed by atoms with Crippen molar-refractivity contribution in [1.82, 2.24) is 15.9 Å². The summed E-state index contributed by atoms with van der Waals surface area (Å²) in [5.74, 6) is 0.167. The van der Waals surface area contributed by atoms with Crippen molar-refractivity contribution >= 4 is 68.3 Å². The van der Waals surface area contributed by atoms with Crippen molar-refractivity contribution < 1.29 is 4.39 Å². The van der Waals surface area contributed by atoms with E-state index in [4.69, 9.17) is 0 Å². The van der Waals surface area contributed by atoms with E-state index in [1.54, 1.807) is 6.92 Å². The fourth-order valence-electron chi connectivity index (χ4n) is 3.17. The summed E-state index contributed by atoms with van der Waals surface area (Å²) < 4.78 is 18.2. The highest BCUT2D eigenvalue weighted by Crippen LogP contribution is 2.37. The van der Waals surface area contributed by atoms with Gasteiger partial charge in [-0.1, -0.05) is 0 Å². The molecule has 1 atom stereocenters. The molecule has 1 saturated heterocycles. The number of pyridine rings is 1. The van der Waals surface area contributed by atoms with Gasteiger partial charge in [0.15, 0.2) is 11.5 Å². The van der Waals surface area contributed by atoms with Crippen molar-refractivity contribution in [1.29, 1.82) is 0 Å². The number of nitrogens with zero attached hydrogens (tertiary/aromatic N) is 5. The average Bonchev–Trinajstić information content (AvgIpc) is 2.67. The number of halogens is 3. The van der Waals surface area contributed by atoms with Crippen LogP contribution in [0.3, 0.4) is 0 Å². The number of hydrogen-bond donors (Lipinski definition) is 1. The third-order valence-corrected chi connectivity index (χ3v) is 6.03. The number of anilines is 2. The molecule has 0 aliphatic carbocycles. The van der Waals surface area contributed by atoms with Gasteiger partial charge in [0.25, 0.3) is 0 Å². The molecular formula is C13H13FI2N6O. The second kappa shape index (κ2) is 5.65. The van der Waals surface area contributed by atoms with Crippen LogP contribution in [0.2, 0.25) is 0 Å². The molecule has 1 fully saturated rings. The van der Waals surface area contributed by atoms with Crippen molar-refractivity contribution in [3.8, 4) is 0 Å². The van der Waals surface area contributed by atoms with Crippen LogP contribution in [0.25, 0.3) is 11.0 Å². The van der Waals surface area contributed by atoms with Gasteiger partial charge >= 0.3 is 5.69 Å². The third kappa shape index (κ3) is 2.40. The highest BCUT2D eigenvalue weighted by atomic mass is 127. The first-order chi connectivity index (χ1) is 11.0. The lowest BCUT2D eigenvalue weighted by atomic mass is 10.2. The zero-order valence-electron chi connectivity index (χ0n) is 12.2. The van der Waals surface area contributed by atoms with E-state index >= 15 is 0 Å². The van der Waals surface area contributed by atoms with Gasteiger partial charge < -0.3 is 10.2 Å². The van der Waals surface area contributed by atoms with Crippen molar-refractivity contribution in [2.75, 3.05) is 36.4 Å². The van der Waals surface area contributed by atoms with Crippen LogP contribution in [0, 0.1) is 12.7 Å². The highest BCUT2D eigenvalue weighted by Gasteiger charge is 2.33. The molecule has 4 rings (SSSR count). The molecule has 23 heavy (non-hydrogen) atoms. The van der Waals surface area contributed by atoms with Crippen LogP contribution in [0.15, 0.2) is 4.79 Å². The summed E-state index contributed by atoms with van der Waals surface area (Å²) in [6, 6.07) is 0.132. The molecule has 2 aromatic heterocycles. The third-order valence-electron chi connectivity index (χ3n) is 4.28. The number of hydrogen-bond acceptors (Lipinski definition) is 6. The van der Waals surface area contributed by atoms with E-state index in [0.29, 0.717) is 29.1 Å². The van der Waals surface area contributed by atoms with Crippen molar-refractivity contribution in [2.45, 2.75) is 13.0 Å². The number of nitrogens with one attached hydrogen (secondary N) is 1. The fourth-order valence-corrected chi connectivity index (χ4v) is 4.29. The molecule has 7 nitrogen and oxygen atoms in total. The Hall–Kier alpha value is -0.760. The lowest BCUT2D eigenvalue weighted by Gasteiger charge is -2.38. The van der Waals surface area contributed by atoms with E-state index in [0.717, 1.165) is 19.6 Å². The molecule has 10 heteroatoms. The molecule has 1 N–H and O–H groups in total. The van der Waals surface area contributed by atoms with E-state index in [1.807, 2.05) is 22.9 Å². The molecule has 2 aliphatic heterocycles. The Morgan fingerprint density at radius 3 is 2.87 bits per heavy atom.